The lowest BCUT2D eigenvalue weighted by atomic mass is 9.98. The molecule has 0 radical (unpaired) electrons. The van der Waals surface area contributed by atoms with Gasteiger partial charge in [-0.3, -0.25) is 10.1 Å². The van der Waals surface area contributed by atoms with Crippen LogP contribution in [0.1, 0.15) is 20.3 Å². The maximum atomic E-state index is 11.5. The van der Waals surface area contributed by atoms with Crippen molar-refractivity contribution in [1.82, 2.24) is 10.6 Å². The SMILES string of the molecule is COC(=O)[C@]1(NC(C)C)CCNC1. The van der Waals surface area contributed by atoms with Crippen LogP contribution in [0.25, 0.3) is 0 Å². The molecule has 1 aliphatic heterocycles. The van der Waals surface area contributed by atoms with Gasteiger partial charge in [-0.15, -0.1) is 0 Å². The lowest BCUT2D eigenvalue weighted by Gasteiger charge is -2.28. The maximum absolute atomic E-state index is 11.5. The Morgan fingerprint density at radius 1 is 1.62 bits per heavy atom. The van der Waals surface area contributed by atoms with E-state index in [1.54, 1.807) is 0 Å². The Balaban J connectivity index is 2.68. The van der Waals surface area contributed by atoms with Crippen molar-refractivity contribution < 1.29 is 9.53 Å². The van der Waals surface area contributed by atoms with E-state index < -0.39 is 5.54 Å². The van der Waals surface area contributed by atoms with Crippen LogP contribution in [0.2, 0.25) is 0 Å². The number of methoxy groups -OCH3 is 1. The first-order valence-corrected chi connectivity index (χ1v) is 4.67. The van der Waals surface area contributed by atoms with Gasteiger partial charge in [0.05, 0.1) is 7.11 Å². The second kappa shape index (κ2) is 4.07. The summed E-state index contributed by atoms with van der Waals surface area (Å²) >= 11 is 0. The molecule has 0 aliphatic carbocycles. The number of nitrogens with one attached hydrogen (secondary N) is 2. The minimum absolute atomic E-state index is 0.161. The van der Waals surface area contributed by atoms with Crippen LogP contribution in [-0.2, 0) is 9.53 Å². The van der Waals surface area contributed by atoms with Crippen LogP contribution in [0.3, 0.4) is 0 Å². The van der Waals surface area contributed by atoms with E-state index in [2.05, 4.69) is 10.6 Å². The highest BCUT2D eigenvalue weighted by Crippen LogP contribution is 2.17. The number of carbonyl (C=O) groups excluding carboxylic acids is 1. The molecule has 13 heavy (non-hydrogen) atoms. The summed E-state index contributed by atoms with van der Waals surface area (Å²) in [6.07, 6.45) is 0.803. The zero-order valence-electron chi connectivity index (χ0n) is 8.52. The van der Waals surface area contributed by atoms with Crippen LogP contribution in [-0.4, -0.2) is 37.7 Å². The molecule has 0 aromatic carbocycles. The van der Waals surface area contributed by atoms with Gasteiger partial charge < -0.3 is 10.1 Å². The van der Waals surface area contributed by atoms with Gasteiger partial charge in [-0.1, -0.05) is 0 Å². The van der Waals surface area contributed by atoms with Crippen molar-refractivity contribution in [1.29, 1.82) is 0 Å². The molecule has 0 amide bonds. The molecule has 0 aromatic heterocycles. The Morgan fingerprint density at radius 3 is 2.69 bits per heavy atom. The quantitative estimate of drug-likeness (QED) is 0.604. The molecule has 1 saturated heterocycles. The average Bonchev–Trinajstić information content (AvgIpc) is 2.51. The smallest absolute Gasteiger partial charge is 0.327 e. The summed E-state index contributed by atoms with van der Waals surface area (Å²) in [5.41, 5.74) is -0.497. The number of hydrogen-bond donors (Lipinski definition) is 2. The Labute approximate surface area is 79.0 Å². The fourth-order valence-corrected chi connectivity index (χ4v) is 1.80. The van der Waals surface area contributed by atoms with E-state index in [-0.39, 0.29) is 5.97 Å². The standard InChI is InChI=1S/C9H18N2O2/c1-7(2)11-9(8(12)13-3)4-5-10-6-9/h7,10-11H,4-6H2,1-3H3/t9-/m0/s1. The molecule has 76 valence electrons. The van der Waals surface area contributed by atoms with Gasteiger partial charge in [-0.25, -0.2) is 0 Å². The highest BCUT2D eigenvalue weighted by atomic mass is 16.5. The van der Waals surface area contributed by atoms with Crippen LogP contribution in [0.4, 0.5) is 0 Å². The van der Waals surface area contributed by atoms with Crippen molar-refractivity contribution in [2.45, 2.75) is 31.8 Å². The summed E-state index contributed by atoms with van der Waals surface area (Å²) < 4.78 is 4.80. The molecule has 1 heterocycles. The van der Waals surface area contributed by atoms with Crippen molar-refractivity contribution in [3.05, 3.63) is 0 Å². The molecule has 0 aromatic rings. The van der Waals surface area contributed by atoms with Crippen molar-refractivity contribution in [2.24, 2.45) is 0 Å². The second-order valence-corrected chi connectivity index (χ2v) is 3.80. The summed E-state index contributed by atoms with van der Waals surface area (Å²) in [6, 6.07) is 0.291. The third-order valence-corrected chi connectivity index (χ3v) is 2.30. The van der Waals surface area contributed by atoms with Gasteiger partial charge in [0.15, 0.2) is 0 Å². The lowest BCUT2D eigenvalue weighted by Crippen LogP contribution is -2.56. The molecular formula is C9H18N2O2. The van der Waals surface area contributed by atoms with Crippen molar-refractivity contribution >= 4 is 5.97 Å². The zero-order valence-corrected chi connectivity index (χ0v) is 8.52. The molecule has 0 bridgehead atoms. The molecule has 1 aliphatic rings. The van der Waals surface area contributed by atoms with E-state index >= 15 is 0 Å². The Hall–Kier alpha value is -0.610. The van der Waals surface area contributed by atoms with Gasteiger partial charge >= 0.3 is 5.97 Å². The normalized spacial score (nSPS) is 28.0. The molecule has 0 unspecified atom stereocenters. The van der Waals surface area contributed by atoms with Gasteiger partial charge in [0.2, 0.25) is 0 Å². The number of rotatable bonds is 3. The summed E-state index contributed by atoms with van der Waals surface area (Å²) in [7, 11) is 1.43. The lowest BCUT2D eigenvalue weighted by molar-refractivity contribution is -0.148. The van der Waals surface area contributed by atoms with E-state index in [1.165, 1.54) is 7.11 Å². The monoisotopic (exact) mass is 186 g/mol. The maximum Gasteiger partial charge on any atom is 0.327 e. The van der Waals surface area contributed by atoms with E-state index in [9.17, 15) is 4.79 Å². The molecule has 1 fully saturated rings. The predicted molar refractivity (Wildman–Crippen MR) is 50.5 cm³/mol. The van der Waals surface area contributed by atoms with E-state index in [0.29, 0.717) is 12.6 Å². The number of carbonyl (C=O) groups is 1. The molecule has 4 nitrogen and oxygen atoms in total. The summed E-state index contributed by atoms with van der Waals surface area (Å²) in [4.78, 5) is 11.5. The van der Waals surface area contributed by atoms with Crippen LogP contribution < -0.4 is 10.6 Å². The molecular weight excluding hydrogens is 168 g/mol. The predicted octanol–water partition coefficient (Wildman–Crippen LogP) is -0.111. The summed E-state index contributed by atoms with van der Waals surface area (Å²) in [6.45, 7) is 5.60. The van der Waals surface area contributed by atoms with Crippen LogP contribution >= 0.6 is 0 Å². The van der Waals surface area contributed by atoms with Crippen LogP contribution in [0, 0.1) is 0 Å². The zero-order chi connectivity index (χ0) is 9.90. The largest absolute Gasteiger partial charge is 0.468 e. The van der Waals surface area contributed by atoms with Gasteiger partial charge in [0, 0.05) is 12.6 Å². The average molecular weight is 186 g/mol. The Morgan fingerprint density at radius 2 is 2.31 bits per heavy atom. The molecule has 2 N–H and O–H groups in total. The minimum Gasteiger partial charge on any atom is -0.468 e. The first kappa shape index (κ1) is 10.5. The molecule has 0 saturated carbocycles. The van der Waals surface area contributed by atoms with Crippen molar-refractivity contribution in [2.75, 3.05) is 20.2 Å². The second-order valence-electron chi connectivity index (χ2n) is 3.80. The van der Waals surface area contributed by atoms with E-state index in [4.69, 9.17) is 4.74 Å². The fraction of sp³-hybridized carbons (Fsp3) is 0.889. The van der Waals surface area contributed by atoms with E-state index in [1.807, 2.05) is 13.8 Å². The summed E-state index contributed by atoms with van der Waals surface area (Å²) in [5, 5.41) is 6.44. The number of ether oxygens (including phenoxy) is 1. The van der Waals surface area contributed by atoms with Gasteiger partial charge in [-0.05, 0) is 26.8 Å². The molecule has 1 rings (SSSR count). The fourth-order valence-electron chi connectivity index (χ4n) is 1.80. The molecule has 1 atom stereocenters. The van der Waals surface area contributed by atoms with Gasteiger partial charge in [0.1, 0.15) is 5.54 Å². The third-order valence-electron chi connectivity index (χ3n) is 2.30. The van der Waals surface area contributed by atoms with Crippen LogP contribution in [0.15, 0.2) is 0 Å². The Bertz CT molecular complexity index is 186. The third kappa shape index (κ3) is 2.19. The van der Waals surface area contributed by atoms with E-state index in [0.717, 1.165) is 13.0 Å². The minimum atomic E-state index is -0.497. The number of hydrogen-bond acceptors (Lipinski definition) is 4. The molecule has 4 heteroatoms. The highest BCUT2D eigenvalue weighted by Gasteiger charge is 2.42. The van der Waals surface area contributed by atoms with Crippen molar-refractivity contribution in [3.63, 3.8) is 0 Å². The van der Waals surface area contributed by atoms with Gasteiger partial charge in [0.25, 0.3) is 0 Å². The van der Waals surface area contributed by atoms with Crippen molar-refractivity contribution in [3.8, 4) is 0 Å². The highest BCUT2D eigenvalue weighted by molar-refractivity contribution is 5.81. The first-order chi connectivity index (χ1) is 6.10. The van der Waals surface area contributed by atoms with Crippen LogP contribution in [0.5, 0.6) is 0 Å². The van der Waals surface area contributed by atoms with Gasteiger partial charge in [-0.2, -0.15) is 0 Å². The topological polar surface area (TPSA) is 50.4 Å². The Kier molecular flexibility index (Phi) is 3.27. The first-order valence-electron chi connectivity index (χ1n) is 4.67. The summed E-state index contributed by atoms with van der Waals surface area (Å²) in [5.74, 6) is -0.161. The molecule has 0 spiro atoms. The number of esters is 1.